The van der Waals surface area contributed by atoms with Crippen molar-refractivity contribution in [1.82, 2.24) is 9.13 Å². The maximum atomic E-state index is 9.38. The molecule has 0 amide bonds. The monoisotopic (exact) mass is 493 g/mol. The fourth-order valence-corrected chi connectivity index (χ4v) is 5.32. The van der Waals surface area contributed by atoms with Crippen LogP contribution in [0.3, 0.4) is 0 Å². The molecule has 1 N–H and O–H groups in total. The van der Waals surface area contributed by atoms with Gasteiger partial charge < -0.3 is 14.2 Å². The van der Waals surface area contributed by atoms with Gasteiger partial charge in [-0.1, -0.05) is 78.9 Å². The Balaban J connectivity index is 1.59. The quantitative estimate of drug-likeness (QED) is 0.316. The van der Waals surface area contributed by atoms with Crippen LogP contribution in [-0.2, 0) is 20.2 Å². The van der Waals surface area contributed by atoms with Crippen LogP contribution in [0.5, 0.6) is 0 Å². The van der Waals surface area contributed by atoms with E-state index in [0.29, 0.717) is 22.5 Å². The van der Waals surface area contributed by atoms with Crippen molar-refractivity contribution in [3.05, 3.63) is 93.0 Å². The molecule has 0 aliphatic heterocycles. The van der Waals surface area contributed by atoms with Crippen LogP contribution in [0, 0.1) is 0 Å². The van der Waals surface area contributed by atoms with E-state index in [4.69, 9.17) is 28.2 Å². The van der Waals surface area contributed by atoms with Gasteiger partial charge in [-0.25, -0.2) is 4.99 Å². The molecule has 1 fully saturated rings. The number of halogens is 2. The normalized spacial score (nSPS) is 15.4. The summed E-state index contributed by atoms with van der Waals surface area (Å²) in [4.78, 5) is 5.05. The molecule has 0 atom stereocenters. The summed E-state index contributed by atoms with van der Waals surface area (Å²) < 4.78 is 4.23. The van der Waals surface area contributed by atoms with Gasteiger partial charge in [0.1, 0.15) is 0 Å². The highest BCUT2D eigenvalue weighted by Gasteiger charge is 2.16. The number of hydrogen-bond acceptors (Lipinski definition) is 2. The average molecular weight is 494 g/mol. The van der Waals surface area contributed by atoms with Crippen molar-refractivity contribution in [2.75, 3.05) is 0 Å². The van der Waals surface area contributed by atoms with Gasteiger partial charge in [-0.2, -0.15) is 0 Å². The van der Waals surface area contributed by atoms with Crippen molar-refractivity contribution in [2.24, 2.45) is 12.0 Å². The largest absolute Gasteiger partial charge is 0.392 e. The molecule has 0 saturated heterocycles. The SMILES string of the molecule is Cn1/c(=N/c2ccc(C3CCCCC3)cc2)n(Cc2ccc(CO)cc2)c2cc(Cl)c(Cl)cc21. The third kappa shape index (κ3) is 4.68. The summed E-state index contributed by atoms with van der Waals surface area (Å²) >= 11 is 12.8. The lowest BCUT2D eigenvalue weighted by atomic mass is 9.84. The number of nitrogens with zero attached hydrogens (tertiary/aromatic N) is 3. The van der Waals surface area contributed by atoms with Crippen LogP contribution >= 0.6 is 23.2 Å². The molecule has 1 aromatic heterocycles. The third-order valence-electron chi connectivity index (χ3n) is 6.96. The van der Waals surface area contributed by atoms with Crippen molar-refractivity contribution in [2.45, 2.75) is 51.2 Å². The van der Waals surface area contributed by atoms with E-state index < -0.39 is 0 Å². The second-order valence-corrected chi connectivity index (χ2v) is 10.0. The molecule has 0 radical (unpaired) electrons. The van der Waals surface area contributed by atoms with Gasteiger partial charge in [0.15, 0.2) is 0 Å². The fraction of sp³-hybridized carbons (Fsp3) is 0.321. The Hall–Kier alpha value is -2.53. The summed E-state index contributed by atoms with van der Waals surface area (Å²) in [6.45, 7) is 0.660. The van der Waals surface area contributed by atoms with E-state index in [-0.39, 0.29) is 6.61 Å². The zero-order chi connectivity index (χ0) is 23.7. The Morgan fingerprint density at radius 1 is 0.853 bits per heavy atom. The fourth-order valence-electron chi connectivity index (χ4n) is 5.00. The lowest BCUT2D eigenvalue weighted by Gasteiger charge is -2.21. The Bertz CT molecular complexity index is 1360. The molecule has 0 bridgehead atoms. The molecule has 0 spiro atoms. The molecule has 1 saturated carbocycles. The molecular formula is C28H29Cl2N3O. The number of aliphatic hydroxyl groups is 1. The van der Waals surface area contributed by atoms with Crippen molar-refractivity contribution in [3.63, 3.8) is 0 Å². The second-order valence-electron chi connectivity index (χ2n) is 9.21. The van der Waals surface area contributed by atoms with Gasteiger partial charge in [-0.05, 0) is 59.7 Å². The predicted octanol–water partition coefficient (Wildman–Crippen LogP) is 7.11. The lowest BCUT2D eigenvalue weighted by molar-refractivity contribution is 0.282. The standard InChI is InChI=1S/C28H29Cl2N3O/c1-32-26-15-24(29)25(30)16-27(26)33(17-19-7-9-20(18-34)10-8-19)28(32)31-23-13-11-22(12-14-23)21-5-3-2-4-6-21/h7-16,21,34H,2-6,17-18H2,1H3/b31-28-. The highest BCUT2D eigenvalue weighted by Crippen LogP contribution is 2.33. The van der Waals surface area contributed by atoms with E-state index in [0.717, 1.165) is 33.5 Å². The molecule has 4 nitrogen and oxygen atoms in total. The zero-order valence-electron chi connectivity index (χ0n) is 19.3. The van der Waals surface area contributed by atoms with Crippen molar-refractivity contribution in [3.8, 4) is 0 Å². The molecule has 1 aliphatic rings. The molecule has 1 heterocycles. The van der Waals surface area contributed by atoms with Crippen LogP contribution in [0.15, 0.2) is 65.7 Å². The molecule has 1 aliphatic carbocycles. The minimum absolute atomic E-state index is 0.0350. The topological polar surface area (TPSA) is 42.5 Å². The number of fused-ring (bicyclic) bond motifs is 1. The molecular weight excluding hydrogens is 465 g/mol. The summed E-state index contributed by atoms with van der Waals surface area (Å²) in [7, 11) is 2.01. The van der Waals surface area contributed by atoms with Crippen LogP contribution < -0.4 is 5.62 Å². The van der Waals surface area contributed by atoms with E-state index in [1.165, 1.54) is 37.7 Å². The van der Waals surface area contributed by atoms with Crippen LogP contribution in [0.2, 0.25) is 10.0 Å². The van der Waals surface area contributed by atoms with Gasteiger partial charge >= 0.3 is 0 Å². The first-order valence-corrected chi connectivity index (χ1v) is 12.7. The van der Waals surface area contributed by atoms with Gasteiger partial charge in [-0.15, -0.1) is 0 Å². The number of aromatic nitrogens is 2. The molecule has 5 rings (SSSR count). The minimum atomic E-state index is 0.0350. The predicted molar refractivity (Wildman–Crippen MR) is 140 cm³/mol. The Morgan fingerprint density at radius 3 is 2.12 bits per heavy atom. The molecule has 4 aromatic rings. The van der Waals surface area contributed by atoms with Crippen LogP contribution in [0.1, 0.15) is 54.7 Å². The van der Waals surface area contributed by atoms with E-state index in [1.807, 2.05) is 43.4 Å². The maximum Gasteiger partial charge on any atom is 0.211 e. The summed E-state index contributed by atoms with van der Waals surface area (Å²) in [5.41, 5.74) is 7.12. The number of benzene rings is 3. The van der Waals surface area contributed by atoms with Gasteiger partial charge in [0.2, 0.25) is 5.62 Å². The van der Waals surface area contributed by atoms with Crippen molar-refractivity contribution in [1.29, 1.82) is 0 Å². The number of rotatable bonds is 5. The van der Waals surface area contributed by atoms with Crippen LogP contribution in [-0.4, -0.2) is 14.2 Å². The van der Waals surface area contributed by atoms with E-state index in [2.05, 4.69) is 33.4 Å². The van der Waals surface area contributed by atoms with Crippen molar-refractivity contribution < 1.29 is 5.11 Å². The average Bonchev–Trinajstić information content (AvgIpc) is 3.11. The molecule has 176 valence electrons. The Morgan fingerprint density at radius 2 is 1.47 bits per heavy atom. The first-order chi connectivity index (χ1) is 16.5. The Labute approximate surface area is 210 Å². The summed E-state index contributed by atoms with van der Waals surface area (Å²) in [5, 5.41) is 10.4. The number of aliphatic hydroxyl groups excluding tert-OH is 1. The summed E-state index contributed by atoms with van der Waals surface area (Å²) in [6, 6.07) is 20.5. The van der Waals surface area contributed by atoms with Crippen LogP contribution in [0.4, 0.5) is 5.69 Å². The molecule has 0 unspecified atom stereocenters. The highest BCUT2D eigenvalue weighted by atomic mass is 35.5. The number of aryl methyl sites for hydroxylation is 1. The number of imidazole rings is 1. The highest BCUT2D eigenvalue weighted by molar-refractivity contribution is 6.42. The molecule has 6 heteroatoms. The first-order valence-electron chi connectivity index (χ1n) is 11.9. The van der Waals surface area contributed by atoms with Gasteiger partial charge in [0.25, 0.3) is 0 Å². The van der Waals surface area contributed by atoms with Crippen LogP contribution in [0.25, 0.3) is 11.0 Å². The first kappa shape index (κ1) is 23.2. The zero-order valence-corrected chi connectivity index (χ0v) is 20.9. The maximum absolute atomic E-state index is 9.38. The van der Waals surface area contributed by atoms with Gasteiger partial charge in [0.05, 0.1) is 39.9 Å². The van der Waals surface area contributed by atoms with Crippen molar-refractivity contribution >= 4 is 39.9 Å². The lowest BCUT2D eigenvalue weighted by Crippen LogP contribution is -2.24. The second kappa shape index (κ2) is 9.99. The van der Waals surface area contributed by atoms with Gasteiger partial charge in [-0.3, -0.25) is 0 Å². The third-order valence-corrected chi connectivity index (χ3v) is 7.68. The Kier molecular flexibility index (Phi) is 6.82. The summed E-state index contributed by atoms with van der Waals surface area (Å²) in [6.07, 6.45) is 6.60. The summed E-state index contributed by atoms with van der Waals surface area (Å²) in [5.74, 6) is 0.677. The van der Waals surface area contributed by atoms with E-state index in [1.54, 1.807) is 0 Å². The van der Waals surface area contributed by atoms with E-state index >= 15 is 0 Å². The molecule has 3 aromatic carbocycles. The van der Waals surface area contributed by atoms with Gasteiger partial charge in [0, 0.05) is 7.05 Å². The molecule has 34 heavy (non-hydrogen) atoms. The van der Waals surface area contributed by atoms with E-state index in [9.17, 15) is 5.11 Å². The smallest absolute Gasteiger partial charge is 0.211 e. The number of hydrogen-bond donors (Lipinski definition) is 1. The minimum Gasteiger partial charge on any atom is -0.392 e.